The minimum absolute atomic E-state index is 0.161. The number of rotatable bonds is 6. The number of amides is 1. The highest BCUT2D eigenvalue weighted by Gasteiger charge is 2.07. The van der Waals surface area contributed by atoms with Gasteiger partial charge in [-0.2, -0.15) is 0 Å². The van der Waals surface area contributed by atoms with E-state index in [1.54, 1.807) is 0 Å². The van der Waals surface area contributed by atoms with E-state index in [9.17, 15) is 4.79 Å². The van der Waals surface area contributed by atoms with Gasteiger partial charge in [-0.1, -0.05) is 38.5 Å². The maximum absolute atomic E-state index is 11.7. The van der Waals surface area contributed by atoms with Crippen LogP contribution >= 0.6 is 0 Å². The Labute approximate surface area is 114 Å². The lowest BCUT2D eigenvalue weighted by Gasteiger charge is -2.08. The average molecular weight is 258 g/mol. The summed E-state index contributed by atoms with van der Waals surface area (Å²) < 4.78 is 0. The first-order valence-electron chi connectivity index (χ1n) is 7.02. The Morgan fingerprint density at radius 2 is 2.16 bits per heavy atom. The molecule has 0 fully saturated rings. The van der Waals surface area contributed by atoms with Crippen molar-refractivity contribution in [3.05, 3.63) is 36.0 Å². The zero-order chi connectivity index (χ0) is 13.7. The van der Waals surface area contributed by atoms with Crippen LogP contribution in [0.5, 0.6) is 0 Å². The molecule has 0 radical (unpaired) electrons. The Hall–Kier alpha value is -1.77. The van der Waals surface area contributed by atoms with E-state index >= 15 is 0 Å². The lowest BCUT2D eigenvalue weighted by molar-refractivity contribution is -0.121. The van der Waals surface area contributed by atoms with Crippen molar-refractivity contribution in [2.75, 3.05) is 6.54 Å². The number of nitrogens with one attached hydrogen (secondary N) is 2. The summed E-state index contributed by atoms with van der Waals surface area (Å²) in [4.78, 5) is 14.9. The van der Waals surface area contributed by atoms with Gasteiger partial charge in [-0.15, -0.1) is 0 Å². The second-order valence-electron chi connectivity index (χ2n) is 5.18. The van der Waals surface area contributed by atoms with Crippen molar-refractivity contribution >= 4 is 16.8 Å². The first-order valence-corrected chi connectivity index (χ1v) is 7.02. The quantitative estimate of drug-likeness (QED) is 0.820. The number of hydrogen-bond acceptors (Lipinski definition) is 1. The standard InChI is InChI=1S/C16H22N2O/c1-3-12(2)10-16(19)17-9-8-13-11-18-15-7-5-4-6-14(13)15/h4-7,11-12,18H,3,8-10H2,1-2H3,(H,17,19). The molecule has 1 amide bonds. The molecule has 2 rings (SSSR count). The lowest BCUT2D eigenvalue weighted by atomic mass is 10.0. The fourth-order valence-electron chi connectivity index (χ4n) is 2.21. The van der Waals surface area contributed by atoms with Gasteiger partial charge in [0.2, 0.25) is 5.91 Å². The van der Waals surface area contributed by atoms with E-state index in [1.807, 2.05) is 18.3 Å². The normalized spacial score (nSPS) is 12.5. The number of hydrogen-bond donors (Lipinski definition) is 2. The molecule has 0 saturated carbocycles. The number of para-hydroxylation sites is 1. The number of aromatic amines is 1. The van der Waals surface area contributed by atoms with Gasteiger partial charge >= 0.3 is 0 Å². The zero-order valence-corrected chi connectivity index (χ0v) is 11.7. The maximum atomic E-state index is 11.7. The molecule has 1 unspecified atom stereocenters. The van der Waals surface area contributed by atoms with Gasteiger partial charge < -0.3 is 10.3 Å². The van der Waals surface area contributed by atoms with E-state index in [0.29, 0.717) is 18.9 Å². The number of carbonyl (C=O) groups is 1. The Kier molecular flexibility index (Phi) is 4.61. The first kappa shape index (κ1) is 13.7. The van der Waals surface area contributed by atoms with Crippen LogP contribution < -0.4 is 5.32 Å². The Morgan fingerprint density at radius 1 is 1.37 bits per heavy atom. The van der Waals surface area contributed by atoms with Crippen LogP contribution in [0.1, 0.15) is 32.3 Å². The molecule has 3 nitrogen and oxygen atoms in total. The molecule has 0 aliphatic heterocycles. The third-order valence-corrected chi connectivity index (χ3v) is 3.62. The molecule has 0 bridgehead atoms. The average Bonchev–Trinajstić information content (AvgIpc) is 2.82. The summed E-state index contributed by atoms with van der Waals surface area (Å²) in [5.41, 5.74) is 2.42. The maximum Gasteiger partial charge on any atom is 0.220 e. The minimum Gasteiger partial charge on any atom is -0.361 e. The molecular weight excluding hydrogens is 236 g/mol. The third kappa shape index (κ3) is 3.60. The summed E-state index contributed by atoms with van der Waals surface area (Å²) in [6.07, 6.45) is 4.59. The third-order valence-electron chi connectivity index (χ3n) is 3.62. The number of fused-ring (bicyclic) bond motifs is 1. The second kappa shape index (κ2) is 6.41. The molecule has 0 aliphatic rings. The SMILES string of the molecule is CCC(C)CC(=O)NCCc1c[nH]c2ccccc12. The molecule has 0 aliphatic carbocycles. The topological polar surface area (TPSA) is 44.9 Å². The summed E-state index contributed by atoms with van der Waals surface area (Å²) in [6.45, 7) is 4.93. The molecule has 19 heavy (non-hydrogen) atoms. The fourth-order valence-corrected chi connectivity index (χ4v) is 2.21. The predicted molar refractivity (Wildman–Crippen MR) is 79.1 cm³/mol. The predicted octanol–water partition coefficient (Wildman–Crippen LogP) is 3.26. The Bertz CT molecular complexity index is 544. The van der Waals surface area contributed by atoms with Crippen molar-refractivity contribution < 1.29 is 4.79 Å². The van der Waals surface area contributed by atoms with Crippen molar-refractivity contribution in [1.82, 2.24) is 10.3 Å². The van der Waals surface area contributed by atoms with Crippen molar-refractivity contribution in [2.24, 2.45) is 5.92 Å². The van der Waals surface area contributed by atoms with E-state index in [2.05, 4.69) is 36.3 Å². The smallest absolute Gasteiger partial charge is 0.220 e. The molecule has 0 spiro atoms. The van der Waals surface area contributed by atoms with E-state index in [4.69, 9.17) is 0 Å². The van der Waals surface area contributed by atoms with Gasteiger partial charge in [-0.25, -0.2) is 0 Å². The molecule has 1 atom stereocenters. The van der Waals surface area contributed by atoms with E-state index in [-0.39, 0.29) is 5.91 Å². The molecule has 3 heteroatoms. The van der Waals surface area contributed by atoms with Crippen molar-refractivity contribution in [2.45, 2.75) is 33.1 Å². The highest BCUT2D eigenvalue weighted by molar-refractivity contribution is 5.83. The van der Waals surface area contributed by atoms with Gasteiger partial charge in [0.05, 0.1) is 0 Å². The highest BCUT2D eigenvalue weighted by Crippen LogP contribution is 2.17. The van der Waals surface area contributed by atoms with Crippen LogP contribution in [0.3, 0.4) is 0 Å². The molecule has 2 N–H and O–H groups in total. The summed E-state index contributed by atoms with van der Waals surface area (Å²) in [5, 5.41) is 4.25. The van der Waals surface area contributed by atoms with Crippen LogP contribution in [0.2, 0.25) is 0 Å². The Balaban J connectivity index is 1.84. The summed E-state index contributed by atoms with van der Waals surface area (Å²) in [7, 11) is 0. The van der Waals surface area contributed by atoms with Gasteiger partial charge in [-0.05, 0) is 24.0 Å². The highest BCUT2D eigenvalue weighted by atomic mass is 16.1. The van der Waals surface area contributed by atoms with E-state index in [1.165, 1.54) is 10.9 Å². The number of benzene rings is 1. The van der Waals surface area contributed by atoms with Crippen LogP contribution in [-0.2, 0) is 11.2 Å². The first-order chi connectivity index (χ1) is 9.20. The molecular formula is C16H22N2O. The number of H-pyrrole nitrogens is 1. The molecule has 0 saturated heterocycles. The van der Waals surface area contributed by atoms with Crippen LogP contribution in [0, 0.1) is 5.92 Å². The fraction of sp³-hybridized carbons (Fsp3) is 0.438. The second-order valence-corrected chi connectivity index (χ2v) is 5.18. The van der Waals surface area contributed by atoms with Crippen molar-refractivity contribution in [1.29, 1.82) is 0 Å². The summed E-state index contributed by atoms with van der Waals surface area (Å²) in [5.74, 6) is 0.627. The largest absolute Gasteiger partial charge is 0.361 e. The van der Waals surface area contributed by atoms with Crippen LogP contribution in [0.25, 0.3) is 10.9 Å². The van der Waals surface area contributed by atoms with E-state index < -0.39 is 0 Å². The van der Waals surface area contributed by atoms with E-state index in [0.717, 1.165) is 18.4 Å². The van der Waals surface area contributed by atoms with Gasteiger partial charge in [0, 0.05) is 30.1 Å². The Morgan fingerprint density at radius 3 is 2.95 bits per heavy atom. The van der Waals surface area contributed by atoms with Gasteiger partial charge in [0.1, 0.15) is 0 Å². The minimum atomic E-state index is 0.161. The summed E-state index contributed by atoms with van der Waals surface area (Å²) in [6, 6.07) is 8.25. The van der Waals surface area contributed by atoms with Gasteiger partial charge in [0.25, 0.3) is 0 Å². The molecule has 1 aromatic carbocycles. The van der Waals surface area contributed by atoms with Crippen molar-refractivity contribution in [3.8, 4) is 0 Å². The summed E-state index contributed by atoms with van der Waals surface area (Å²) >= 11 is 0. The number of carbonyl (C=O) groups excluding carboxylic acids is 1. The zero-order valence-electron chi connectivity index (χ0n) is 11.7. The van der Waals surface area contributed by atoms with Crippen LogP contribution in [0.4, 0.5) is 0 Å². The molecule has 1 aromatic heterocycles. The monoisotopic (exact) mass is 258 g/mol. The number of aromatic nitrogens is 1. The molecule has 102 valence electrons. The van der Waals surface area contributed by atoms with Gasteiger partial charge in [0.15, 0.2) is 0 Å². The lowest BCUT2D eigenvalue weighted by Crippen LogP contribution is -2.26. The molecule has 1 heterocycles. The molecule has 2 aromatic rings. The van der Waals surface area contributed by atoms with Crippen molar-refractivity contribution in [3.63, 3.8) is 0 Å². The van der Waals surface area contributed by atoms with Crippen LogP contribution in [-0.4, -0.2) is 17.4 Å². The van der Waals surface area contributed by atoms with Gasteiger partial charge in [-0.3, -0.25) is 4.79 Å². The van der Waals surface area contributed by atoms with Crippen LogP contribution in [0.15, 0.2) is 30.5 Å².